The second kappa shape index (κ2) is 10.0. The van der Waals surface area contributed by atoms with Gasteiger partial charge in [0.1, 0.15) is 0 Å². The first-order valence-electron chi connectivity index (χ1n) is 7.47. The van der Waals surface area contributed by atoms with Gasteiger partial charge in [0, 0.05) is 19.1 Å². The Hall–Kier alpha value is -0.790. The third-order valence-corrected chi connectivity index (χ3v) is 3.28. The minimum absolute atomic E-state index is 0. The van der Waals surface area contributed by atoms with Crippen molar-refractivity contribution >= 4 is 35.8 Å². The summed E-state index contributed by atoms with van der Waals surface area (Å²) in [5.41, 5.74) is -0.494. The number of nitrogens with one attached hydrogen (secondary N) is 3. The molecule has 3 N–H and O–H groups in total. The number of carbonyl (C=O) groups is 1. The molecule has 1 rings (SSSR count). The highest BCUT2D eigenvalue weighted by Crippen LogP contribution is 2.15. The van der Waals surface area contributed by atoms with Gasteiger partial charge in [0.2, 0.25) is 5.91 Å². The van der Waals surface area contributed by atoms with Gasteiger partial charge in [-0.05, 0) is 40.5 Å². The molecule has 1 aliphatic rings. The molecule has 0 saturated heterocycles. The lowest BCUT2D eigenvalue weighted by molar-refractivity contribution is -0.128. The Labute approximate surface area is 145 Å². The van der Waals surface area contributed by atoms with Crippen LogP contribution >= 0.6 is 24.0 Å². The number of halogens is 1. The lowest BCUT2D eigenvalue weighted by Gasteiger charge is -2.23. The topological polar surface area (TPSA) is 65.5 Å². The fourth-order valence-corrected chi connectivity index (χ4v) is 2.00. The molecule has 0 bridgehead atoms. The van der Waals surface area contributed by atoms with Gasteiger partial charge < -0.3 is 16.0 Å². The van der Waals surface area contributed by atoms with Gasteiger partial charge in [-0.3, -0.25) is 9.79 Å². The lowest BCUT2D eigenvalue weighted by Crippen LogP contribution is -2.44. The Morgan fingerprint density at radius 1 is 1.19 bits per heavy atom. The molecule has 1 amide bonds. The predicted octanol–water partition coefficient (Wildman–Crippen LogP) is 2.04. The van der Waals surface area contributed by atoms with Crippen LogP contribution in [0.4, 0.5) is 0 Å². The van der Waals surface area contributed by atoms with E-state index in [0.29, 0.717) is 19.1 Å². The van der Waals surface area contributed by atoms with Crippen LogP contribution in [0.3, 0.4) is 0 Å². The zero-order chi connectivity index (χ0) is 15.0. The van der Waals surface area contributed by atoms with Gasteiger partial charge in [-0.25, -0.2) is 0 Å². The van der Waals surface area contributed by atoms with Gasteiger partial charge in [-0.15, -0.1) is 24.0 Å². The number of guanidine groups is 1. The molecule has 0 aromatic rings. The highest BCUT2D eigenvalue weighted by atomic mass is 127. The number of hydrogen-bond donors (Lipinski definition) is 3. The van der Waals surface area contributed by atoms with E-state index in [1.807, 2.05) is 27.7 Å². The van der Waals surface area contributed by atoms with E-state index in [0.717, 1.165) is 25.3 Å². The zero-order valence-electron chi connectivity index (χ0n) is 13.5. The summed E-state index contributed by atoms with van der Waals surface area (Å²) in [6.07, 6.45) is 6.42. The number of aliphatic imine (C=N–C) groups is 1. The molecule has 21 heavy (non-hydrogen) atoms. The van der Waals surface area contributed by atoms with E-state index in [2.05, 4.69) is 33.1 Å². The van der Waals surface area contributed by atoms with Gasteiger partial charge in [-0.1, -0.05) is 12.2 Å². The average molecular weight is 408 g/mol. The molecule has 0 unspecified atom stereocenters. The van der Waals surface area contributed by atoms with E-state index >= 15 is 0 Å². The molecule has 0 radical (unpaired) electrons. The molecule has 0 spiro atoms. The normalized spacial score (nSPS) is 15.5. The van der Waals surface area contributed by atoms with Crippen LogP contribution in [-0.2, 0) is 4.79 Å². The van der Waals surface area contributed by atoms with Crippen molar-refractivity contribution in [2.24, 2.45) is 10.4 Å². The first-order chi connectivity index (χ1) is 9.49. The summed E-state index contributed by atoms with van der Waals surface area (Å²) >= 11 is 0. The van der Waals surface area contributed by atoms with Gasteiger partial charge >= 0.3 is 0 Å². The van der Waals surface area contributed by atoms with Crippen LogP contribution in [0.25, 0.3) is 0 Å². The molecule has 0 fully saturated rings. The molecule has 6 heteroatoms. The molecule has 122 valence electrons. The van der Waals surface area contributed by atoms with Crippen molar-refractivity contribution in [3.05, 3.63) is 12.2 Å². The van der Waals surface area contributed by atoms with Crippen LogP contribution in [-0.4, -0.2) is 37.5 Å². The lowest BCUT2D eigenvalue weighted by atomic mass is 9.92. The quantitative estimate of drug-likeness (QED) is 0.273. The first-order valence-corrected chi connectivity index (χ1v) is 7.47. The average Bonchev–Trinajstić information content (AvgIpc) is 2.89. The molecule has 0 heterocycles. The SMILES string of the molecule is CCNC(=O)C(C)(C)CN=C(NCC)NC1CC=CC1.I. The zero-order valence-corrected chi connectivity index (χ0v) is 15.9. The van der Waals surface area contributed by atoms with Crippen molar-refractivity contribution in [2.75, 3.05) is 19.6 Å². The molecule has 0 aromatic heterocycles. The molecule has 0 aliphatic heterocycles. The Bertz CT molecular complexity index is 372. The maximum Gasteiger partial charge on any atom is 0.227 e. The van der Waals surface area contributed by atoms with Gasteiger partial charge in [0.15, 0.2) is 5.96 Å². The van der Waals surface area contributed by atoms with Crippen molar-refractivity contribution in [3.63, 3.8) is 0 Å². The van der Waals surface area contributed by atoms with E-state index < -0.39 is 5.41 Å². The highest BCUT2D eigenvalue weighted by molar-refractivity contribution is 14.0. The van der Waals surface area contributed by atoms with Crippen LogP contribution in [0.1, 0.15) is 40.5 Å². The van der Waals surface area contributed by atoms with Crippen LogP contribution in [0, 0.1) is 5.41 Å². The monoisotopic (exact) mass is 408 g/mol. The van der Waals surface area contributed by atoms with E-state index in [4.69, 9.17) is 0 Å². The van der Waals surface area contributed by atoms with Crippen molar-refractivity contribution in [2.45, 2.75) is 46.6 Å². The Balaban J connectivity index is 0.00000400. The first kappa shape index (κ1) is 20.2. The van der Waals surface area contributed by atoms with Crippen LogP contribution in [0.15, 0.2) is 17.1 Å². The molecule has 1 aliphatic carbocycles. The number of nitrogens with zero attached hydrogens (tertiary/aromatic N) is 1. The minimum atomic E-state index is -0.494. The van der Waals surface area contributed by atoms with E-state index in [1.54, 1.807) is 0 Å². The summed E-state index contributed by atoms with van der Waals surface area (Å²) in [6.45, 7) is 9.74. The maximum absolute atomic E-state index is 11.9. The van der Waals surface area contributed by atoms with E-state index in [1.165, 1.54) is 0 Å². The third-order valence-electron chi connectivity index (χ3n) is 3.28. The Morgan fingerprint density at radius 3 is 2.29 bits per heavy atom. The second-order valence-electron chi connectivity index (χ2n) is 5.72. The third kappa shape index (κ3) is 7.15. The molecular weight excluding hydrogens is 379 g/mol. The Morgan fingerprint density at radius 2 is 1.76 bits per heavy atom. The highest BCUT2D eigenvalue weighted by Gasteiger charge is 2.27. The summed E-state index contributed by atoms with van der Waals surface area (Å²) in [7, 11) is 0. The minimum Gasteiger partial charge on any atom is -0.357 e. The van der Waals surface area contributed by atoms with E-state index in [-0.39, 0.29) is 29.9 Å². The van der Waals surface area contributed by atoms with Gasteiger partial charge in [0.25, 0.3) is 0 Å². The van der Waals surface area contributed by atoms with Gasteiger partial charge in [-0.2, -0.15) is 0 Å². The summed E-state index contributed by atoms with van der Waals surface area (Å²) in [5.74, 6) is 0.834. The fraction of sp³-hybridized carbons (Fsp3) is 0.733. The summed E-state index contributed by atoms with van der Waals surface area (Å²) in [5, 5.41) is 9.49. The summed E-state index contributed by atoms with van der Waals surface area (Å²) in [6, 6.07) is 0.417. The molecule has 0 aromatic carbocycles. The largest absolute Gasteiger partial charge is 0.357 e. The summed E-state index contributed by atoms with van der Waals surface area (Å²) < 4.78 is 0. The van der Waals surface area contributed by atoms with Crippen LogP contribution in [0.5, 0.6) is 0 Å². The molecule has 0 saturated carbocycles. The number of amides is 1. The maximum atomic E-state index is 11.9. The van der Waals surface area contributed by atoms with Crippen LogP contribution < -0.4 is 16.0 Å². The smallest absolute Gasteiger partial charge is 0.227 e. The number of hydrogen-bond acceptors (Lipinski definition) is 2. The van der Waals surface area contributed by atoms with Crippen LogP contribution in [0.2, 0.25) is 0 Å². The predicted molar refractivity (Wildman–Crippen MR) is 99.2 cm³/mol. The molecular formula is C15H29IN4O. The number of rotatable bonds is 6. The fourth-order valence-electron chi connectivity index (χ4n) is 2.00. The van der Waals surface area contributed by atoms with Crippen molar-refractivity contribution in [1.29, 1.82) is 0 Å². The van der Waals surface area contributed by atoms with Crippen molar-refractivity contribution < 1.29 is 4.79 Å². The summed E-state index contributed by atoms with van der Waals surface area (Å²) in [4.78, 5) is 16.5. The standard InChI is InChI=1S/C15H28N4O.HI/c1-5-16-13(20)15(3,4)11-18-14(17-6-2)19-12-9-7-8-10-12;/h7-8,12H,5-6,9-11H2,1-4H3,(H,16,20)(H2,17,18,19);1H. The van der Waals surface area contributed by atoms with Crippen molar-refractivity contribution in [3.8, 4) is 0 Å². The number of carbonyl (C=O) groups excluding carboxylic acids is 1. The molecule has 5 nitrogen and oxygen atoms in total. The second-order valence-corrected chi connectivity index (χ2v) is 5.72. The van der Waals surface area contributed by atoms with E-state index in [9.17, 15) is 4.79 Å². The molecule has 0 atom stereocenters. The Kier molecular flexibility index (Phi) is 9.65. The van der Waals surface area contributed by atoms with Crippen molar-refractivity contribution in [1.82, 2.24) is 16.0 Å². The van der Waals surface area contributed by atoms with Gasteiger partial charge in [0.05, 0.1) is 12.0 Å².